The molecule has 0 radical (unpaired) electrons. The number of aromatic nitrogens is 1. The number of carbonyl (C=O) groups excluding carboxylic acids is 1. The summed E-state index contributed by atoms with van der Waals surface area (Å²) in [5.41, 5.74) is 1.82. The number of benzene rings is 1. The molecule has 0 saturated heterocycles. The molecule has 4 nitrogen and oxygen atoms in total. The van der Waals surface area contributed by atoms with E-state index < -0.39 is 0 Å². The highest BCUT2D eigenvalue weighted by Crippen LogP contribution is 2.34. The van der Waals surface area contributed by atoms with Crippen molar-refractivity contribution in [2.45, 2.75) is 44.9 Å². The highest BCUT2D eigenvalue weighted by Gasteiger charge is 2.29. The molecule has 1 aliphatic heterocycles. The molecule has 1 unspecified atom stereocenters. The smallest absolute Gasteiger partial charge is 0.268 e. The molecule has 20 heavy (non-hydrogen) atoms. The summed E-state index contributed by atoms with van der Waals surface area (Å²) < 4.78 is 8.11. The molecule has 1 fully saturated rings. The van der Waals surface area contributed by atoms with E-state index >= 15 is 0 Å². The van der Waals surface area contributed by atoms with Crippen molar-refractivity contribution in [3.8, 4) is 5.75 Å². The van der Waals surface area contributed by atoms with Crippen molar-refractivity contribution >= 4 is 16.8 Å². The van der Waals surface area contributed by atoms with Crippen molar-refractivity contribution in [3.63, 3.8) is 0 Å². The van der Waals surface area contributed by atoms with Crippen molar-refractivity contribution in [1.82, 2.24) is 9.88 Å². The summed E-state index contributed by atoms with van der Waals surface area (Å²) in [5, 5.41) is 4.16. The van der Waals surface area contributed by atoms with Crippen LogP contribution in [0.5, 0.6) is 5.75 Å². The van der Waals surface area contributed by atoms with Gasteiger partial charge in [0.2, 0.25) is 0 Å². The molecule has 1 saturated carbocycles. The molecule has 1 amide bonds. The minimum absolute atomic E-state index is 0.0476. The molecule has 1 N–H and O–H groups in total. The van der Waals surface area contributed by atoms with E-state index in [9.17, 15) is 4.79 Å². The Bertz CT molecular complexity index is 685. The summed E-state index contributed by atoms with van der Waals surface area (Å²) in [6.45, 7) is 2.87. The van der Waals surface area contributed by atoms with Crippen molar-refractivity contribution in [2.75, 3.05) is 0 Å². The summed E-state index contributed by atoms with van der Waals surface area (Å²) >= 11 is 0. The van der Waals surface area contributed by atoms with Gasteiger partial charge in [-0.15, -0.1) is 0 Å². The van der Waals surface area contributed by atoms with E-state index in [1.165, 1.54) is 0 Å². The van der Waals surface area contributed by atoms with E-state index in [1.807, 2.05) is 24.3 Å². The lowest BCUT2D eigenvalue weighted by Gasteiger charge is -2.26. The van der Waals surface area contributed by atoms with Gasteiger partial charge in [-0.05, 0) is 31.4 Å². The lowest BCUT2D eigenvalue weighted by atomic mass is 10.2. The van der Waals surface area contributed by atoms with Crippen LogP contribution in [0.4, 0.5) is 0 Å². The molecule has 0 spiro atoms. The Morgan fingerprint density at radius 1 is 1.45 bits per heavy atom. The number of nitrogens with zero attached hydrogens (tertiary/aromatic N) is 1. The van der Waals surface area contributed by atoms with Crippen LogP contribution in [-0.2, 0) is 6.54 Å². The Labute approximate surface area is 117 Å². The summed E-state index contributed by atoms with van der Waals surface area (Å²) in [4.78, 5) is 12.4. The second-order valence-corrected chi connectivity index (χ2v) is 5.73. The van der Waals surface area contributed by atoms with Gasteiger partial charge in [0.1, 0.15) is 17.5 Å². The molecular formula is C16H18N2O2. The predicted molar refractivity (Wildman–Crippen MR) is 77.1 cm³/mol. The molecule has 0 bridgehead atoms. The van der Waals surface area contributed by atoms with E-state index in [0.29, 0.717) is 6.04 Å². The average Bonchev–Trinajstić information content (AvgIpc) is 3.19. The summed E-state index contributed by atoms with van der Waals surface area (Å²) in [6, 6.07) is 8.39. The van der Waals surface area contributed by atoms with Gasteiger partial charge in [0.05, 0.1) is 12.1 Å². The van der Waals surface area contributed by atoms with E-state index in [1.54, 1.807) is 0 Å². The molecule has 1 aromatic carbocycles. The zero-order chi connectivity index (χ0) is 13.7. The SMILES string of the molecule is CCC1Cn2c(C(=O)NC3CC3)cc3cccc(c32)O1. The van der Waals surface area contributed by atoms with Gasteiger partial charge in [-0.1, -0.05) is 19.1 Å². The zero-order valence-electron chi connectivity index (χ0n) is 11.6. The fourth-order valence-corrected chi connectivity index (χ4v) is 2.88. The monoisotopic (exact) mass is 270 g/mol. The van der Waals surface area contributed by atoms with Gasteiger partial charge < -0.3 is 14.6 Å². The van der Waals surface area contributed by atoms with Crippen LogP contribution in [0.2, 0.25) is 0 Å². The lowest BCUT2D eigenvalue weighted by Crippen LogP contribution is -2.32. The van der Waals surface area contributed by atoms with Crippen LogP contribution in [0.25, 0.3) is 10.9 Å². The largest absolute Gasteiger partial charge is 0.486 e. The molecule has 1 atom stereocenters. The molecule has 104 valence electrons. The molecule has 2 heterocycles. The van der Waals surface area contributed by atoms with Crippen LogP contribution in [-0.4, -0.2) is 22.6 Å². The third kappa shape index (κ3) is 1.79. The van der Waals surface area contributed by atoms with Gasteiger partial charge in [0, 0.05) is 11.4 Å². The van der Waals surface area contributed by atoms with Crippen molar-refractivity contribution in [1.29, 1.82) is 0 Å². The number of rotatable bonds is 3. The van der Waals surface area contributed by atoms with Gasteiger partial charge in [-0.25, -0.2) is 0 Å². The Morgan fingerprint density at radius 2 is 2.30 bits per heavy atom. The predicted octanol–water partition coefficient (Wildman–Crippen LogP) is 2.70. The van der Waals surface area contributed by atoms with Crippen molar-refractivity contribution < 1.29 is 9.53 Å². The summed E-state index contributed by atoms with van der Waals surface area (Å²) in [6.07, 6.45) is 3.31. The van der Waals surface area contributed by atoms with Crippen LogP contribution in [0.3, 0.4) is 0 Å². The van der Waals surface area contributed by atoms with Gasteiger partial charge >= 0.3 is 0 Å². The molecule has 1 aromatic heterocycles. The molecule has 1 aliphatic carbocycles. The van der Waals surface area contributed by atoms with Crippen LogP contribution >= 0.6 is 0 Å². The number of amides is 1. The van der Waals surface area contributed by atoms with Crippen LogP contribution in [0.1, 0.15) is 36.7 Å². The fourth-order valence-electron chi connectivity index (χ4n) is 2.88. The van der Waals surface area contributed by atoms with Crippen LogP contribution in [0, 0.1) is 0 Å². The van der Waals surface area contributed by atoms with E-state index in [-0.39, 0.29) is 12.0 Å². The first-order valence-electron chi connectivity index (χ1n) is 7.36. The third-order valence-corrected chi connectivity index (χ3v) is 4.16. The van der Waals surface area contributed by atoms with E-state index in [0.717, 1.165) is 48.2 Å². The molecule has 4 heteroatoms. The molecule has 2 aliphatic rings. The second-order valence-electron chi connectivity index (χ2n) is 5.73. The molecular weight excluding hydrogens is 252 g/mol. The Morgan fingerprint density at radius 3 is 3.05 bits per heavy atom. The topological polar surface area (TPSA) is 43.3 Å². The second kappa shape index (κ2) is 4.27. The molecule has 2 aromatic rings. The zero-order valence-corrected chi connectivity index (χ0v) is 11.6. The minimum atomic E-state index is 0.0476. The summed E-state index contributed by atoms with van der Waals surface area (Å²) in [7, 11) is 0. The lowest BCUT2D eigenvalue weighted by molar-refractivity contribution is 0.0935. The first kappa shape index (κ1) is 11.8. The highest BCUT2D eigenvalue weighted by molar-refractivity contribution is 6.00. The normalized spacial score (nSPS) is 20.8. The third-order valence-electron chi connectivity index (χ3n) is 4.16. The minimum Gasteiger partial charge on any atom is -0.486 e. The Hall–Kier alpha value is -1.97. The standard InChI is InChI=1S/C16H18N2O2/c1-2-12-9-18-13(16(19)17-11-6-7-11)8-10-4-3-5-14(20-12)15(10)18/h3-5,8,11-12H,2,6-7,9H2,1H3,(H,17,19). The van der Waals surface area contributed by atoms with Gasteiger partial charge in [0.15, 0.2) is 0 Å². The number of carbonyl (C=O) groups is 1. The van der Waals surface area contributed by atoms with Crippen LogP contribution in [0.15, 0.2) is 24.3 Å². The number of hydrogen-bond acceptors (Lipinski definition) is 2. The van der Waals surface area contributed by atoms with E-state index in [4.69, 9.17) is 4.74 Å². The Kier molecular flexibility index (Phi) is 2.52. The number of ether oxygens (including phenoxy) is 1. The fraction of sp³-hybridized carbons (Fsp3) is 0.438. The van der Waals surface area contributed by atoms with Gasteiger partial charge in [-0.3, -0.25) is 4.79 Å². The first-order chi connectivity index (χ1) is 9.76. The van der Waals surface area contributed by atoms with E-state index in [2.05, 4.69) is 16.8 Å². The van der Waals surface area contributed by atoms with Crippen molar-refractivity contribution in [2.24, 2.45) is 0 Å². The van der Waals surface area contributed by atoms with Crippen LogP contribution < -0.4 is 10.1 Å². The quantitative estimate of drug-likeness (QED) is 0.932. The number of nitrogens with one attached hydrogen (secondary N) is 1. The maximum absolute atomic E-state index is 12.4. The first-order valence-corrected chi connectivity index (χ1v) is 7.36. The van der Waals surface area contributed by atoms with Crippen molar-refractivity contribution in [3.05, 3.63) is 30.0 Å². The maximum Gasteiger partial charge on any atom is 0.268 e. The maximum atomic E-state index is 12.4. The number of hydrogen-bond donors (Lipinski definition) is 1. The number of para-hydroxylation sites is 1. The average molecular weight is 270 g/mol. The highest BCUT2D eigenvalue weighted by atomic mass is 16.5. The van der Waals surface area contributed by atoms with Gasteiger partial charge in [-0.2, -0.15) is 0 Å². The van der Waals surface area contributed by atoms with Gasteiger partial charge in [0.25, 0.3) is 5.91 Å². The molecule has 4 rings (SSSR count). The Balaban J connectivity index is 1.82. The summed E-state index contributed by atoms with van der Waals surface area (Å²) in [5.74, 6) is 0.942.